The minimum absolute atomic E-state index is 0.245. The number of nitrogens with one attached hydrogen (secondary N) is 2. The molecule has 1 aromatic heterocycles. The summed E-state index contributed by atoms with van der Waals surface area (Å²) in [6, 6.07) is 19.5. The summed E-state index contributed by atoms with van der Waals surface area (Å²) in [6.07, 6.45) is 0. The van der Waals surface area contributed by atoms with Crippen LogP contribution in [0.3, 0.4) is 0 Å². The van der Waals surface area contributed by atoms with Gasteiger partial charge in [0.2, 0.25) is 11.8 Å². The van der Waals surface area contributed by atoms with Gasteiger partial charge in [0, 0.05) is 16.5 Å². The standard InChI is InChI=1S/C32H29N3O7S2/c1-4-41-23-15-18(8-13-22(23)42-16-24(36)33-19-7-5-6-17(2)14-19)25-26-28(43-29-27(25)44-32(39)34-29)31(38)35(30(26)37)20-9-11-21(40-3)12-10-20/h5-15,25-26,28H,4,16H2,1-3H3,(H,33,36)(H,34,39)/t25-,26-,28+/m0/s1. The predicted molar refractivity (Wildman–Crippen MR) is 168 cm³/mol. The molecule has 0 unspecified atom stereocenters. The van der Waals surface area contributed by atoms with Gasteiger partial charge in [0.05, 0.1) is 30.3 Å². The maximum Gasteiger partial charge on any atom is 0.305 e. The number of nitrogens with zero attached hydrogens (tertiary/aromatic N) is 1. The Bertz CT molecular complexity index is 1800. The third kappa shape index (κ3) is 5.58. The second-order valence-electron chi connectivity index (χ2n) is 10.3. The van der Waals surface area contributed by atoms with Gasteiger partial charge in [-0.1, -0.05) is 41.3 Å². The molecule has 4 aromatic rings. The Hall–Kier alpha value is -4.55. The summed E-state index contributed by atoms with van der Waals surface area (Å²) in [6.45, 7) is 3.85. The summed E-state index contributed by atoms with van der Waals surface area (Å²) in [5.41, 5.74) is 2.83. The van der Waals surface area contributed by atoms with E-state index in [1.165, 1.54) is 16.7 Å². The van der Waals surface area contributed by atoms with Crippen LogP contribution in [0.4, 0.5) is 11.4 Å². The van der Waals surface area contributed by atoms with Gasteiger partial charge < -0.3 is 24.5 Å². The summed E-state index contributed by atoms with van der Waals surface area (Å²) < 4.78 is 17.0. The van der Waals surface area contributed by atoms with Crippen LogP contribution in [0.15, 0.2) is 76.6 Å². The first-order valence-corrected chi connectivity index (χ1v) is 15.6. The van der Waals surface area contributed by atoms with Gasteiger partial charge in [0.25, 0.3) is 5.91 Å². The van der Waals surface area contributed by atoms with Crippen LogP contribution in [0, 0.1) is 12.8 Å². The molecule has 0 radical (unpaired) electrons. The van der Waals surface area contributed by atoms with Crippen molar-refractivity contribution in [3.8, 4) is 17.2 Å². The fourth-order valence-electron chi connectivity index (χ4n) is 5.53. The van der Waals surface area contributed by atoms with E-state index in [1.54, 1.807) is 55.6 Å². The maximum atomic E-state index is 14.0. The van der Waals surface area contributed by atoms with E-state index in [1.807, 2.05) is 32.0 Å². The smallest absolute Gasteiger partial charge is 0.305 e. The number of anilines is 2. The molecule has 3 aromatic carbocycles. The highest BCUT2D eigenvalue weighted by atomic mass is 32.2. The highest BCUT2D eigenvalue weighted by Crippen LogP contribution is 2.53. The van der Waals surface area contributed by atoms with E-state index < -0.39 is 17.1 Å². The molecule has 44 heavy (non-hydrogen) atoms. The van der Waals surface area contributed by atoms with Crippen molar-refractivity contribution < 1.29 is 28.6 Å². The number of H-pyrrole nitrogens is 1. The van der Waals surface area contributed by atoms with Gasteiger partial charge in [0.1, 0.15) is 11.0 Å². The Kier molecular flexibility index (Phi) is 8.19. The molecule has 0 spiro atoms. The number of amides is 3. The van der Waals surface area contributed by atoms with Crippen LogP contribution in [0.2, 0.25) is 0 Å². The van der Waals surface area contributed by atoms with Gasteiger partial charge >= 0.3 is 4.87 Å². The fraction of sp³-hybridized carbons (Fsp3) is 0.250. The third-order valence-corrected chi connectivity index (χ3v) is 9.84. The minimum Gasteiger partial charge on any atom is -0.497 e. The molecule has 226 valence electrons. The van der Waals surface area contributed by atoms with Crippen molar-refractivity contribution in [2.45, 2.75) is 30.0 Å². The zero-order valence-corrected chi connectivity index (χ0v) is 25.8. The summed E-state index contributed by atoms with van der Waals surface area (Å²) in [4.78, 5) is 57.3. The van der Waals surface area contributed by atoms with Crippen molar-refractivity contribution in [3.63, 3.8) is 0 Å². The second kappa shape index (κ2) is 12.2. The Morgan fingerprint density at radius 3 is 2.50 bits per heavy atom. The van der Waals surface area contributed by atoms with Crippen LogP contribution in [0.1, 0.15) is 28.8 Å². The number of imide groups is 1. The third-order valence-electron chi connectivity index (χ3n) is 7.44. The number of carbonyl (C=O) groups is 3. The first kappa shape index (κ1) is 29.5. The molecule has 1 fully saturated rings. The second-order valence-corrected chi connectivity index (χ2v) is 12.5. The molecule has 10 nitrogen and oxygen atoms in total. The Morgan fingerprint density at radius 2 is 1.77 bits per heavy atom. The Labute approximate surface area is 261 Å². The molecule has 1 saturated heterocycles. The molecule has 0 aliphatic carbocycles. The number of aromatic amines is 1. The zero-order chi connectivity index (χ0) is 31.0. The molecule has 12 heteroatoms. The van der Waals surface area contributed by atoms with Crippen molar-refractivity contribution >= 4 is 52.2 Å². The lowest BCUT2D eigenvalue weighted by molar-refractivity contribution is -0.122. The number of thioether (sulfide) groups is 1. The molecule has 2 aliphatic heterocycles. The number of methoxy groups -OCH3 is 1. The molecule has 3 heterocycles. The minimum atomic E-state index is -0.755. The van der Waals surface area contributed by atoms with E-state index in [4.69, 9.17) is 14.2 Å². The number of ether oxygens (including phenoxy) is 3. The number of carbonyl (C=O) groups excluding carboxylic acids is 3. The number of aromatic nitrogens is 1. The highest BCUT2D eigenvalue weighted by molar-refractivity contribution is 8.00. The van der Waals surface area contributed by atoms with E-state index in [-0.39, 0.29) is 29.2 Å². The van der Waals surface area contributed by atoms with E-state index in [0.29, 0.717) is 50.7 Å². The summed E-state index contributed by atoms with van der Waals surface area (Å²) >= 11 is 2.24. The van der Waals surface area contributed by atoms with Gasteiger partial charge in [-0.3, -0.25) is 19.2 Å². The average molecular weight is 632 g/mol. The van der Waals surface area contributed by atoms with Crippen molar-refractivity contribution in [2.24, 2.45) is 5.92 Å². The van der Waals surface area contributed by atoms with Crippen LogP contribution >= 0.6 is 23.1 Å². The van der Waals surface area contributed by atoms with Crippen molar-refractivity contribution in [1.82, 2.24) is 4.98 Å². The van der Waals surface area contributed by atoms with E-state index in [0.717, 1.165) is 16.9 Å². The Morgan fingerprint density at radius 1 is 0.977 bits per heavy atom. The van der Waals surface area contributed by atoms with Gasteiger partial charge in [-0.25, -0.2) is 4.90 Å². The predicted octanol–water partition coefficient (Wildman–Crippen LogP) is 4.97. The zero-order valence-electron chi connectivity index (χ0n) is 24.1. The summed E-state index contributed by atoms with van der Waals surface area (Å²) in [7, 11) is 1.54. The molecule has 6 rings (SSSR count). The number of hydrogen-bond donors (Lipinski definition) is 2. The van der Waals surface area contributed by atoms with Crippen molar-refractivity contribution in [3.05, 3.63) is 92.4 Å². The van der Waals surface area contributed by atoms with E-state index in [9.17, 15) is 19.2 Å². The lowest BCUT2D eigenvalue weighted by Crippen LogP contribution is -2.32. The average Bonchev–Trinajstić information content (AvgIpc) is 3.50. The number of rotatable bonds is 9. The quantitative estimate of drug-likeness (QED) is 0.248. The summed E-state index contributed by atoms with van der Waals surface area (Å²) in [5, 5.41) is 2.67. The van der Waals surface area contributed by atoms with Crippen LogP contribution in [0.25, 0.3) is 0 Å². The highest BCUT2D eigenvalue weighted by Gasteiger charge is 2.56. The normalized spacial score (nSPS) is 18.9. The van der Waals surface area contributed by atoms with E-state index >= 15 is 0 Å². The summed E-state index contributed by atoms with van der Waals surface area (Å²) in [5.74, 6) is -1.01. The van der Waals surface area contributed by atoms with Crippen LogP contribution < -0.4 is 29.3 Å². The lowest BCUT2D eigenvalue weighted by atomic mass is 9.83. The van der Waals surface area contributed by atoms with Crippen LogP contribution in [-0.2, 0) is 14.4 Å². The number of benzene rings is 3. The first-order valence-electron chi connectivity index (χ1n) is 13.9. The molecule has 3 amide bonds. The lowest BCUT2D eigenvalue weighted by Gasteiger charge is -2.30. The van der Waals surface area contributed by atoms with Gasteiger partial charge in [-0.15, -0.1) is 0 Å². The van der Waals surface area contributed by atoms with Crippen LogP contribution in [0.5, 0.6) is 17.2 Å². The van der Waals surface area contributed by atoms with Crippen LogP contribution in [-0.4, -0.2) is 48.3 Å². The SMILES string of the molecule is CCOc1cc([C@@H]2c3sc(=O)[nH]c3S[C@H]3C(=O)N(c4ccc(OC)cc4)C(=O)[C@@H]23)ccc1OCC(=O)Nc1cccc(C)c1. The number of thiazole rings is 1. The van der Waals surface area contributed by atoms with Gasteiger partial charge in [-0.2, -0.15) is 0 Å². The Balaban J connectivity index is 1.31. The molecule has 2 aliphatic rings. The molecule has 0 bridgehead atoms. The first-order chi connectivity index (χ1) is 21.3. The fourth-order valence-corrected chi connectivity index (χ4v) is 8.05. The largest absolute Gasteiger partial charge is 0.497 e. The monoisotopic (exact) mass is 631 g/mol. The topological polar surface area (TPSA) is 127 Å². The molecular weight excluding hydrogens is 603 g/mol. The van der Waals surface area contributed by atoms with Crippen molar-refractivity contribution in [1.29, 1.82) is 0 Å². The van der Waals surface area contributed by atoms with E-state index in [2.05, 4.69) is 10.3 Å². The molecule has 0 saturated carbocycles. The number of fused-ring (bicyclic) bond motifs is 2. The molecule has 2 N–H and O–H groups in total. The number of aryl methyl sites for hydroxylation is 1. The maximum absolute atomic E-state index is 14.0. The van der Waals surface area contributed by atoms with Crippen molar-refractivity contribution in [2.75, 3.05) is 30.5 Å². The number of hydrogen-bond acceptors (Lipinski definition) is 9. The molecule has 3 atom stereocenters. The van der Waals surface area contributed by atoms with Gasteiger partial charge in [-0.05, 0) is 73.5 Å². The molecular formula is C32H29N3O7S2. The van der Waals surface area contributed by atoms with Gasteiger partial charge in [0.15, 0.2) is 18.1 Å².